The first kappa shape index (κ1) is 12.5. The van der Waals surface area contributed by atoms with E-state index >= 15 is 0 Å². The summed E-state index contributed by atoms with van der Waals surface area (Å²) in [5.74, 6) is 0. The Balaban J connectivity index is 2.97. The van der Waals surface area contributed by atoms with E-state index in [2.05, 4.69) is 56.8 Å². The van der Waals surface area contributed by atoms with E-state index in [1.54, 1.807) is 0 Å². The summed E-state index contributed by atoms with van der Waals surface area (Å²) in [5, 5.41) is 0. The van der Waals surface area contributed by atoms with E-state index in [9.17, 15) is 0 Å². The normalized spacial score (nSPS) is 12.0. The van der Waals surface area contributed by atoms with Crippen LogP contribution in [0.3, 0.4) is 0 Å². The Hall–Kier alpha value is -1.56. The highest BCUT2D eigenvalue weighted by Crippen LogP contribution is 2.17. The van der Waals surface area contributed by atoms with Crippen LogP contribution in [0.2, 0.25) is 0 Å². The predicted molar refractivity (Wildman–Crippen MR) is 73.4 cm³/mol. The fourth-order valence-corrected chi connectivity index (χ4v) is 1.55. The first-order valence-electron chi connectivity index (χ1n) is 5.90. The largest absolute Gasteiger partial charge is 0.0990 e. The van der Waals surface area contributed by atoms with Crippen LogP contribution in [0.15, 0.2) is 55.1 Å². The number of aryl methyl sites for hydroxylation is 1. The molecule has 1 aromatic carbocycles. The van der Waals surface area contributed by atoms with Gasteiger partial charge in [0.1, 0.15) is 0 Å². The second-order valence-corrected chi connectivity index (χ2v) is 3.72. The molecule has 1 aromatic rings. The van der Waals surface area contributed by atoms with Crippen molar-refractivity contribution in [3.05, 3.63) is 66.3 Å². The Kier molecular flexibility index (Phi) is 5.35. The second kappa shape index (κ2) is 6.84. The van der Waals surface area contributed by atoms with Crippen LogP contribution >= 0.6 is 0 Å². The van der Waals surface area contributed by atoms with Crippen LogP contribution < -0.4 is 0 Å². The maximum absolute atomic E-state index is 3.76. The molecule has 0 saturated carbocycles. The van der Waals surface area contributed by atoms with Gasteiger partial charge in [-0.3, -0.25) is 0 Å². The van der Waals surface area contributed by atoms with Crippen LogP contribution in [-0.4, -0.2) is 0 Å². The van der Waals surface area contributed by atoms with Gasteiger partial charge in [0.05, 0.1) is 0 Å². The molecule has 0 aliphatic heterocycles. The van der Waals surface area contributed by atoms with Crippen molar-refractivity contribution in [1.82, 2.24) is 0 Å². The quantitative estimate of drug-likeness (QED) is 0.616. The van der Waals surface area contributed by atoms with Crippen molar-refractivity contribution in [3.8, 4) is 0 Å². The molecule has 0 bridgehead atoms. The SMILES string of the molecule is C=C/C=C(\C=C/CC)c1ccc(CC)cc1. The van der Waals surface area contributed by atoms with Gasteiger partial charge >= 0.3 is 0 Å². The maximum atomic E-state index is 3.76. The highest BCUT2D eigenvalue weighted by atomic mass is 14.0. The molecule has 0 spiro atoms. The van der Waals surface area contributed by atoms with Crippen LogP contribution in [0, 0.1) is 0 Å². The van der Waals surface area contributed by atoms with Gasteiger partial charge in [-0.1, -0.05) is 69.0 Å². The van der Waals surface area contributed by atoms with Gasteiger partial charge in [0.15, 0.2) is 0 Å². The Morgan fingerprint density at radius 2 is 1.88 bits per heavy atom. The molecular formula is C16H20. The summed E-state index contributed by atoms with van der Waals surface area (Å²) < 4.78 is 0. The fraction of sp³-hybridized carbons (Fsp3) is 0.250. The minimum Gasteiger partial charge on any atom is -0.0990 e. The van der Waals surface area contributed by atoms with Crippen molar-refractivity contribution < 1.29 is 0 Å². The Bertz CT molecular complexity index is 377. The molecular weight excluding hydrogens is 192 g/mol. The smallest absolute Gasteiger partial charge is 0.0184 e. The molecule has 0 saturated heterocycles. The average Bonchev–Trinajstić information content (AvgIpc) is 2.35. The molecule has 0 unspecified atom stereocenters. The van der Waals surface area contributed by atoms with E-state index in [0.717, 1.165) is 12.8 Å². The average molecular weight is 212 g/mol. The summed E-state index contributed by atoms with van der Waals surface area (Å²) in [6.45, 7) is 8.07. The van der Waals surface area contributed by atoms with E-state index in [4.69, 9.17) is 0 Å². The molecule has 0 nitrogen and oxygen atoms in total. The van der Waals surface area contributed by atoms with Crippen molar-refractivity contribution in [1.29, 1.82) is 0 Å². The van der Waals surface area contributed by atoms with E-state index < -0.39 is 0 Å². The number of allylic oxidation sites excluding steroid dienone is 5. The molecule has 84 valence electrons. The lowest BCUT2D eigenvalue weighted by molar-refractivity contribution is 1.14. The van der Waals surface area contributed by atoms with E-state index in [-0.39, 0.29) is 0 Å². The Morgan fingerprint density at radius 1 is 1.19 bits per heavy atom. The second-order valence-electron chi connectivity index (χ2n) is 3.72. The van der Waals surface area contributed by atoms with Crippen LogP contribution in [0.1, 0.15) is 31.4 Å². The van der Waals surface area contributed by atoms with Crippen molar-refractivity contribution in [2.75, 3.05) is 0 Å². The molecule has 0 heterocycles. The van der Waals surface area contributed by atoms with Crippen LogP contribution in [0.25, 0.3) is 5.57 Å². The zero-order chi connectivity index (χ0) is 11.8. The van der Waals surface area contributed by atoms with Crippen molar-refractivity contribution in [3.63, 3.8) is 0 Å². The highest BCUT2D eigenvalue weighted by molar-refractivity contribution is 5.75. The molecule has 0 fully saturated rings. The van der Waals surface area contributed by atoms with Gasteiger partial charge in [0, 0.05) is 0 Å². The number of rotatable bonds is 5. The van der Waals surface area contributed by atoms with Crippen molar-refractivity contribution in [2.24, 2.45) is 0 Å². The molecule has 1 rings (SSSR count). The molecule has 0 atom stereocenters. The van der Waals surface area contributed by atoms with E-state index in [1.807, 2.05) is 12.2 Å². The maximum Gasteiger partial charge on any atom is -0.0184 e. The van der Waals surface area contributed by atoms with Gasteiger partial charge in [-0.2, -0.15) is 0 Å². The Labute approximate surface area is 99.0 Å². The van der Waals surface area contributed by atoms with Crippen LogP contribution in [0.4, 0.5) is 0 Å². The van der Waals surface area contributed by atoms with Gasteiger partial charge in [-0.05, 0) is 29.5 Å². The highest BCUT2D eigenvalue weighted by Gasteiger charge is 1.96. The molecule has 0 aliphatic rings. The van der Waals surface area contributed by atoms with E-state index in [1.165, 1.54) is 16.7 Å². The summed E-state index contributed by atoms with van der Waals surface area (Å²) >= 11 is 0. The first-order chi connectivity index (χ1) is 7.81. The number of benzene rings is 1. The third kappa shape index (κ3) is 3.54. The molecule has 0 N–H and O–H groups in total. The number of hydrogen-bond acceptors (Lipinski definition) is 0. The third-order valence-electron chi connectivity index (χ3n) is 2.53. The molecule has 0 aliphatic carbocycles. The minimum atomic E-state index is 1.06. The van der Waals surface area contributed by atoms with Gasteiger partial charge < -0.3 is 0 Å². The summed E-state index contributed by atoms with van der Waals surface area (Å²) in [6.07, 6.45) is 10.4. The predicted octanol–water partition coefficient (Wildman–Crippen LogP) is 4.78. The van der Waals surface area contributed by atoms with Gasteiger partial charge in [0.2, 0.25) is 0 Å². The zero-order valence-corrected chi connectivity index (χ0v) is 10.2. The van der Waals surface area contributed by atoms with Crippen molar-refractivity contribution in [2.45, 2.75) is 26.7 Å². The van der Waals surface area contributed by atoms with E-state index in [0.29, 0.717) is 0 Å². The molecule has 0 radical (unpaired) electrons. The van der Waals surface area contributed by atoms with Gasteiger partial charge in [-0.25, -0.2) is 0 Å². The number of hydrogen-bond donors (Lipinski definition) is 0. The topological polar surface area (TPSA) is 0 Å². The molecule has 16 heavy (non-hydrogen) atoms. The lowest BCUT2D eigenvalue weighted by Crippen LogP contribution is -1.83. The van der Waals surface area contributed by atoms with Gasteiger partial charge in [0.25, 0.3) is 0 Å². The minimum absolute atomic E-state index is 1.06. The summed E-state index contributed by atoms with van der Waals surface area (Å²) in [4.78, 5) is 0. The molecule has 0 heteroatoms. The lowest BCUT2D eigenvalue weighted by Gasteiger charge is -2.03. The van der Waals surface area contributed by atoms with Gasteiger partial charge in [-0.15, -0.1) is 0 Å². The lowest BCUT2D eigenvalue weighted by atomic mass is 10.0. The monoisotopic (exact) mass is 212 g/mol. The molecule has 0 amide bonds. The summed E-state index contributed by atoms with van der Waals surface area (Å²) in [5.41, 5.74) is 3.85. The van der Waals surface area contributed by atoms with Crippen molar-refractivity contribution >= 4 is 5.57 Å². The zero-order valence-electron chi connectivity index (χ0n) is 10.2. The first-order valence-corrected chi connectivity index (χ1v) is 5.90. The standard InChI is InChI=1S/C16H20/c1-4-7-9-15(8-5-2)16-12-10-14(6-3)11-13-16/h5,7-13H,2,4,6H2,1,3H3/b9-7-,15-8+. The third-order valence-corrected chi connectivity index (χ3v) is 2.53. The van der Waals surface area contributed by atoms with Crippen LogP contribution in [-0.2, 0) is 6.42 Å². The fourth-order valence-electron chi connectivity index (χ4n) is 1.55. The summed E-state index contributed by atoms with van der Waals surface area (Å²) in [7, 11) is 0. The molecule has 0 aromatic heterocycles. The Morgan fingerprint density at radius 3 is 2.38 bits per heavy atom. The van der Waals surface area contributed by atoms with Crippen LogP contribution in [0.5, 0.6) is 0 Å². The summed E-state index contributed by atoms with van der Waals surface area (Å²) in [6, 6.07) is 8.72.